The second-order valence-electron chi connectivity index (χ2n) is 8.93. The van der Waals surface area contributed by atoms with E-state index in [2.05, 4.69) is 27.0 Å². The molecule has 1 aliphatic heterocycles. The van der Waals surface area contributed by atoms with Gasteiger partial charge in [0.25, 0.3) is 0 Å². The van der Waals surface area contributed by atoms with Gasteiger partial charge in [-0.1, -0.05) is 12.1 Å². The molecule has 45 heavy (non-hydrogen) atoms. The van der Waals surface area contributed by atoms with E-state index in [1.54, 1.807) is 6.20 Å². The molecule has 0 amide bonds. The number of hydrogen-bond acceptors (Lipinski definition) is 8. The molecule has 2 fully saturated rings. The van der Waals surface area contributed by atoms with Crippen LogP contribution in [0.3, 0.4) is 0 Å². The van der Waals surface area contributed by atoms with Crippen LogP contribution in [0.15, 0.2) is 49.1 Å². The van der Waals surface area contributed by atoms with E-state index in [9.17, 15) is 39.5 Å². The highest BCUT2D eigenvalue weighted by molar-refractivity contribution is 5.73. The van der Waals surface area contributed by atoms with Crippen molar-refractivity contribution in [1.29, 1.82) is 0 Å². The normalized spacial score (nSPS) is 19.7. The Kier molecular flexibility index (Phi) is 15.1. The molecule has 1 aliphatic carbocycles. The SMILES string of the molecule is O=C(O)C(F)(F)F.O=C(O)C(F)(F)F.O=C(O)C(F)(F)F.c1cncc(CO[C@H]2CC[C@H]3[C@H]2OCCN3Cc2cccnc2)c1. The average molecular weight is 667 g/mol. The number of nitrogens with zero attached hydrogens (tertiary/aromatic N) is 3. The van der Waals surface area contributed by atoms with Crippen molar-refractivity contribution in [1.82, 2.24) is 14.9 Å². The van der Waals surface area contributed by atoms with Crippen LogP contribution in [0.4, 0.5) is 39.5 Å². The number of pyridine rings is 2. The maximum absolute atomic E-state index is 10.6. The minimum absolute atomic E-state index is 0.173. The molecule has 20 heteroatoms. The Bertz CT molecular complexity index is 1140. The lowest BCUT2D eigenvalue weighted by atomic mass is 10.1. The summed E-state index contributed by atoms with van der Waals surface area (Å²) >= 11 is 0. The molecule has 1 saturated heterocycles. The number of carbonyl (C=O) groups is 3. The lowest BCUT2D eigenvalue weighted by Crippen LogP contribution is -2.51. The average Bonchev–Trinajstić information content (AvgIpc) is 3.37. The van der Waals surface area contributed by atoms with E-state index in [1.807, 2.05) is 30.7 Å². The number of hydrogen-bond donors (Lipinski definition) is 3. The smallest absolute Gasteiger partial charge is 0.475 e. The van der Waals surface area contributed by atoms with Crippen molar-refractivity contribution in [2.75, 3.05) is 13.2 Å². The van der Waals surface area contributed by atoms with Crippen molar-refractivity contribution >= 4 is 17.9 Å². The Morgan fingerprint density at radius 2 is 1.24 bits per heavy atom. The molecule has 3 heterocycles. The highest BCUT2D eigenvalue weighted by atomic mass is 19.4. The molecule has 0 spiro atoms. The number of rotatable bonds is 5. The Morgan fingerprint density at radius 1 is 0.800 bits per heavy atom. The van der Waals surface area contributed by atoms with Gasteiger partial charge in [-0.15, -0.1) is 0 Å². The Morgan fingerprint density at radius 3 is 1.64 bits per heavy atom. The molecule has 2 aliphatic rings. The lowest BCUT2D eigenvalue weighted by Gasteiger charge is -2.39. The maximum Gasteiger partial charge on any atom is 0.490 e. The third-order valence-corrected chi connectivity index (χ3v) is 5.67. The zero-order valence-electron chi connectivity index (χ0n) is 22.7. The van der Waals surface area contributed by atoms with Gasteiger partial charge in [0.1, 0.15) is 0 Å². The van der Waals surface area contributed by atoms with Crippen molar-refractivity contribution in [3.05, 3.63) is 60.2 Å². The fourth-order valence-electron chi connectivity index (χ4n) is 3.78. The number of fused-ring (bicyclic) bond motifs is 1. The Labute approximate surface area is 248 Å². The van der Waals surface area contributed by atoms with Crippen LogP contribution in [0.25, 0.3) is 0 Å². The van der Waals surface area contributed by atoms with E-state index >= 15 is 0 Å². The summed E-state index contributed by atoms with van der Waals surface area (Å²) in [7, 11) is 0. The molecule has 3 atom stereocenters. The molecule has 4 rings (SSSR count). The fourth-order valence-corrected chi connectivity index (χ4v) is 3.78. The van der Waals surface area contributed by atoms with Crippen LogP contribution in [0.2, 0.25) is 0 Å². The summed E-state index contributed by atoms with van der Waals surface area (Å²) in [5.41, 5.74) is 2.38. The van der Waals surface area contributed by atoms with Crippen molar-refractivity contribution < 1.29 is 78.7 Å². The van der Waals surface area contributed by atoms with Crippen LogP contribution in [0, 0.1) is 0 Å². The zero-order valence-corrected chi connectivity index (χ0v) is 22.7. The highest BCUT2D eigenvalue weighted by Gasteiger charge is 2.43. The van der Waals surface area contributed by atoms with Gasteiger partial charge in [-0.2, -0.15) is 39.5 Å². The molecule has 3 N–H and O–H groups in total. The first-order valence-electron chi connectivity index (χ1n) is 12.4. The number of ether oxygens (including phenoxy) is 2. The summed E-state index contributed by atoms with van der Waals surface area (Å²) in [6, 6.07) is 8.58. The number of aromatic nitrogens is 2. The van der Waals surface area contributed by atoms with Crippen molar-refractivity contribution in [3.63, 3.8) is 0 Å². The van der Waals surface area contributed by atoms with E-state index < -0.39 is 36.4 Å². The second kappa shape index (κ2) is 17.4. The predicted octanol–water partition coefficient (Wildman–Crippen LogP) is 4.33. The molecular formula is C25H26F9N3O8. The largest absolute Gasteiger partial charge is 0.490 e. The molecule has 2 aromatic rings. The number of halogens is 9. The van der Waals surface area contributed by atoms with Crippen LogP contribution < -0.4 is 0 Å². The van der Waals surface area contributed by atoms with Crippen molar-refractivity contribution in [2.24, 2.45) is 0 Å². The second-order valence-corrected chi connectivity index (χ2v) is 8.93. The molecule has 1 saturated carbocycles. The lowest BCUT2D eigenvalue weighted by molar-refractivity contribution is -0.193. The number of aliphatic carboxylic acids is 3. The van der Waals surface area contributed by atoms with Gasteiger partial charge < -0.3 is 24.8 Å². The van der Waals surface area contributed by atoms with Crippen LogP contribution in [-0.2, 0) is 37.0 Å². The number of alkyl halides is 9. The van der Waals surface area contributed by atoms with Crippen LogP contribution in [0.1, 0.15) is 24.0 Å². The summed E-state index contributed by atoms with van der Waals surface area (Å²) in [4.78, 5) is 37.6. The van der Waals surface area contributed by atoms with Crippen LogP contribution in [0.5, 0.6) is 0 Å². The third-order valence-electron chi connectivity index (χ3n) is 5.67. The molecular weight excluding hydrogens is 641 g/mol. The molecule has 0 unspecified atom stereocenters. The fraction of sp³-hybridized carbons (Fsp3) is 0.480. The third kappa shape index (κ3) is 15.0. The first-order valence-corrected chi connectivity index (χ1v) is 12.4. The van der Waals surface area contributed by atoms with E-state index in [0.717, 1.165) is 38.1 Å². The molecule has 0 radical (unpaired) electrons. The topological polar surface area (TPSA) is 159 Å². The summed E-state index contributed by atoms with van der Waals surface area (Å²) < 4.78 is 107. The molecule has 11 nitrogen and oxygen atoms in total. The van der Waals surface area contributed by atoms with Gasteiger partial charge in [0, 0.05) is 43.9 Å². The summed E-state index contributed by atoms with van der Waals surface area (Å²) in [5.74, 6) is -8.27. The van der Waals surface area contributed by atoms with Crippen LogP contribution in [-0.4, -0.2) is 98.0 Å². The first kappa shape index (κ1) is 39.0. The standard InChI is InChI=1S/C19H23N3O2.3C2HF3O2/c1-3-15(11-20-7-1)13-22-9-10-23-19-17(22)5-6-18(19)24-14-16-4-2-8-21-12-16;3*3-2(4,5)1(6)7/h1-4,7-8,11-12,17-19H,5-6,9-10,13-14H2;3*(H,6,7)/t17-,18-,19+;;;/m0.../s1. The predicted molar refractivity (Wildman–Crippen MR) is 131 cm³/mol. The zero-order chi connectivity index (χ0) is 34.4. The maximum atomic E-state index is 10.6. The first-order chi connectivity index (χ1) is 20.7. The number of morpholine rings is 1. The Balaban J connectivity index is 0.000000396. The summed E-state index contributed by atoms with van der Waals surface area (Å²) in [6.07, 6.45) is -5.29. The number of carboxylic acid groups (broad SMARTS) is 3. The van der Waals surface area contributed by atoms with Gasteiger partial charge in [0.2, 0.25) is 0 Å². The minimum Gasteiger partial charge on any atom is -0.475 e. The monoisotopic (exact) mass is 667 g/mol. The van der Waals surface area contributed by atoms with Gasteiger partial charge in [-0.25, -0.2) is 14.4 Å². The van der Waals surface area contributed by atoms with Gasteiger partial charge in [0.05, 0.1) is 25.4 Å². The van der Waals surface area contributed by atoms with Gasteiger partial charge in [-0.3, -0.25) is 14.9 Å². The van der Waals surface area contributed by atoms with Crippen molar-refractivity contribution in [2.45, 2.75) is 62.8 Å². The van der Waals surface area contributed by atoms with E-state index in [4.69, 9.17) is 39.2 Å². The number of carboxylic acids is 3. The van der Waals surface area contributed by atoms with E-state index in [-0.39, 0.29) is 12.2 Å². The molecule has 0 aromatic carbocycles. The highest BCUT2D eigenvalue weighted by Crippen LogP contribution is 2.33. The quantitative estimate of drug-likeness (QED) is 0.390. The summed E-state index contributed by atoms with van der Waals surface area (Å²) in [5, 5.41) is 21.4. The van der Waals surface area contributed by atoms with Crippen molar-refractivity contribution in [3.8, 4) is 0 Å². The molecule has 252 valence electrons. The molecule has 0 bridgehead atoms. The summed E-state index contributed by atoms with van der Waals surface area (Å²) in [6.45, 7) is 3.29. The van der Waals surface area contributed by atoms with Gasteiger partial charge in [0.15, 0.2) is 0 Å². The van der Waals surface area contributed by atoms with Gasteiger partial charge >= 0.3 is 36.4 Å². The molecule has 2 aromatic heterocycles. The van der Waals surface area contributed by atoms with Gasteiger partial charge in [-0.05, 0) is 36.1 Å². The van der Waals surface area contributed by atoms with E-state index in [1.165, 1.54) is 5.56 Å². The minimum atomic E-state index is -5.08. The van der Waals surface area contributed by atoms with Crippen LogP contribution >= 0.6 is 0 Å². The van der Waals surface area contributed by atoms with E-state index in [0.29, 0.717) is 12.6 Å². The Hall–Kier alpha value is -4.04.